The Bertz CT molecular complexity index is 1220. The number of aromatic nitrogens is 4. The second kappa shape index (κ2) is 8.47. The molecule has 0 aliphatic rings. The maximum Gasteiger partial charge on any atom is 0.153 e. The van der Waals surface area contributed by atoms with Gasteiger partial charge in [-0.1, -0.05) is 18.2 Å². The number of anilines is 3. The maximum absolute atomic E-state index is 14.1. The van der Waals surface area contributed by atoms with Crippen molar-refractivity contribution in [2.45, 2.75) is 19.9 Å². The van der Waals surface area contributed by atoms with Crippen molar-refractivity contribution >= 4 is 17.5 Å². The molecule has 0 amide bonds. The van der Waals surface area contributed by atoms with E-state index in [1.807, 2.05) is 0 Å². The van der Waals surface area contributed by atoms with E-state index in [1.165, 1.54) is 24.3 Å². The van der Waals surface area contributed by atoms with Gasteiger partial charge in [0.1, 0.15) is 34.9 Å². The molecule has 4 aromatic rings. The highest BCUT2D eigenvalue weighted by Crippen LogP contribution is 2.25. The number of aromatic amines is 1. The molecule has 0 bridgehead atoms. The van der Waals surface area contributed by atoms with Crippen molar-refractivity contribution in [3.8, 4) is 11.3 Å². The van der Waals surface area contributed by atoms with Gasteiger partial charge >= 0.3 is 0 Å². The van der Waals surface area contributed by atoms with Crippen LogP contribution >= 0.6 is 0 Å². The molecule has 2 aromatic carbocycles. The Morgan fingerprint density at radius 2 is 1.65 bits per heavy atom. The molecular weight excluding hydrogens is 405 g/mol. The zero-order chi connectivity index (χ0) is 22.0. The Balaban J connectivity index is 1.52. The summed E-state index contributed by atoms with van der Waals surface area (Å²) >= 11 is 0. The van der Waals surface area contributed by atoms with Crippen molar-refractivity contribution in [3.05, 3.63) is 83.4 Å². The Kier molecular flexibility index (Phi) is 5.57. The number of hydrogen-bond acceptors (Lipinski definition) is 5. The summed E-state index contributed by atoms with van der Waals surface area (Å²) in [6.45, 7) is 3.47. The van der Waals surface area contributed by atoms with E-state index in [9.17, 15) is 13.2 Å². The van der Waals surface area contributed by atoms with Crippen molar-refractivity contribution in [1.82, 2.24) is 20.2 Å². The van der Waals surface area contributed by atoms with E-state index in [-0.39, 0.29) is 5.82 Å². The van der Waals surface area contributed by atoms with Gasteiger partial charge in [0.2, 0.25) is 0 Å². The van der Waals surface area contributed by atoms with E-state index in [0.29, 0.717) is 40.1 Å². The van der Waals surface area contributed by atoms with Crippen LogP contribution in [0.15, 0.2) is 54.6 Å². The first-order valence-electron chi connectivity index (χ1n) is 9.53. The lowest BCUT2D eigenvalue weighted by Gasteiger charge is -2.16. The molecule has 0 saturated carbocycles. The lowest BCUT2D eigenvalue weighted by atomic mass is 10.1. The van der Waals surface area contributed by atoms with Crippen molar-refractivity contribution in [1.29, 1.82) is 0 Å². The first-order valence-corrected chi connectivity index (χ1v) is 9.53. The molecule has 1 unspecified atom stereocenters. The molecule has 0 spiro atoms. The first kappa shape index (κ1) is 20.4. The second-order valence-corrected chi connectivity index (χ2v) is 7.02. The Morgan fingerprint density at radius 1 is 0.871 bits per heavy atom. The van der Waals surface area contributed by atoms with Crippen LogP contribution in [0.4, 0.5) is 30.6 Å². The zero-order valence-electron chi connectivity index (χ0n) is 16.7. The predicted molar refractivity (Wildman–Crippen MR) is 112 cm³/mol. The third-order valence-corrected chi connectivity index (χ3v) is 4.60. The molecule has 3 N–H and O–H groups in total. The molecule has 0 saturated heterocycles. The quantitative estimate of drug-likeness (QED) is 0.380. The topological polar surface area (TPSA) is 78.5 Å². The van der Waals surface area contributed by atoms with Crippen molar-refractivity contribution in [2.24, 2.45) is 0 Å². The number of hydrogen-bond donors (Lipinski definition) is 3. The minimum atomic E-state index is -0.634. The number of nitrogens with zero attached hydrogens (tertiary/aromatic N) is 3. The van der Waals surface area contributed by atoms with Gasteiger partial charge in [0, 0.05) is 29.3 Å². The van der Waals surface area contributed by atoms with Crippen LogP contribution in [0, 0.1) is 24.4 Å². The van der Waals surface area contributed by atoms with Crippen LogP contribution in [0.1, 0.15) is 24.4 Å². The second-order valence-electron chi connectivity index (χ2n) is 7.02. The van der Waals surface area contributed by atoms with Crippen LogP contribution in [0.2, 0.25) is 0 Å². The van der Waals surface area contributed by atoms with E-state index in [0.717, 1.165) is 6.07 Å². The van der Waals surface area contributed by atoms with Gasteiger partial charge in [-0.2, -0.15) is 5.10 Å². The summed E-state index contributed by atoms with van der Waals surface area (Å²) in [5.41, 5.74) is 1.63. The van der Waals surface area contributed by atoms with Gasteiger partial charge in [-0.05, 0) is 32.0 Å². The van der Waals surface area contributed by atoms with Crippen LogP contribution in [-0.4, -0.2) is 20.2 Å². The average Bonchev–Trinajstić information content (AvgIpc) is 3.16. The Hall–Kier alpha value is -3.88. The molecule has 9 heteroatoms. The van der Waals surface area contributed by atoms with Crippen molar-refractivity contribution < 1.29 is 13.2 Å². The molecule has 2 aromatic heterocycles. The van der Waals surface area contributed by atoms with E-state index < -0.39 is 17.7 Å². The predicted octanol–water partition coefficient (Wildman–Crippen LogP) is 5.51. The van der Waals surface area contributed by atoms with E-state index in [1.54, 1.807) is 38.1 Å². The summed E-state index contributed by atoms with van der Waals surface area (Å²) in [5.74, 6) is 0.308. The fraction of sp³-hybridized carbons (Fsp3) is 0.136. The fourth-order valence-electron chi connectivity index (χ4n) is 3.18. The van der Waals surface area contributed by atoms with Gasteiger partial charge in [-0.25, -0.2) is 23.1 Å². The molecule has 4 rings (SSSR count). The van der Waals surface area contributed by atoms with Crippen LogP contribution in [0.25, 0.3) is 11.3 Å². The van der Waals surface area contributed by atoms with E-state index in [4.69, 9.17) is 0 Å². The summed E-state index contributed by atoms with van der Waals surface area (Å²) in [6, 6.07) is 12.6. The van der Waals surface area contributed by atoms with Gasteiger partial charge in [0.15, 0.2) is 5.82 Å². The largest absolute Gasteiger partial charge is 0.363 e. The molecule has 0 radical (unpaired) electrons. The fourth-order valence-corrected chi connectivity index (χ4v) is 3.18. The Labute approximate surface area is 176 Å². The van der Waals surface area contributed by atoms with Gasteiger partial charge in [-0.3, -0.25) is 5.10 Å². The molecule has 0 aliphatic heterocycles. The van der Waals surface area contributed by atoms with Gasteiger partial charge < -0.3 is 10.6 Å². The normalized spacial score (nSPS) is 11.9. The summed E-state index contributed by atoms with van der Waals surface area (Å²) in [4.78, 5) is 8.66. The number of benzene rings is 2. The third-order valence-electron chi connectivity index (χ3n) is 4.60. The average molecular weight is 424 g/mol. The van der Waals surface area contributed by atoms with E-state index in [2.05, 4.69) is 30.8 Å². The summed E-state index contributed by atoms with van der Waals surface area (Å²) < 4.78 is 40.7. The van der Waals surface area contributed by atoms with Crippen LogP contribution in [0.3, 0.4) is 0 Å². The number of aryl methyl sites for hydroxylation is 1. The SMILES string of the molecule is Cc1nc(Nc2cc(-c3cccc(F)c3)[nH]n2)cc(NC(C)c2ccc(F)cc2F)n1. The minimum absolute atomic E-state index is 0.319. The molecule has 2 heterocycles. The third kappa shape index (κ3) is 4.82. The van der Waals surface area contributed by atoms with Gasteiger partial charge in [0.05, 0.1) is 11.7 Å². The molecule has 0 fully saturated rings. The number of nitrogens with one attached hydrogen (secondary N) is 3. The first-order chi connectivity index (χ1) is 14.9. The van der Waals surface area contributed by atoms with E-state index >= 15 is 0 Å². The zero-order valence-corrected chi connectivity index (χ0v) is 16.7. The van der Waals surface area contributed by atoms with Crippen LogP contribution in [0.5, 0.6) is 0 Å². The lowest BCUT2D eigenvalue weighted by Crippen LogP contribution is -2.11. The Morgan fingerprint density at radius 3 is 2.42 bits per heavy atom. The smallest absolute Gasteiger partial charge is 0.153 e. The number of rotatable bonds is 6. The van der Waals surface area contributed by atoms with Crippen molar-refractivity contribution in [2.75, 3.05) is 10.6 Å². The molecular formula is C22H19F3N6. The number of halogens is 3. The highest BCUT2D eigenvalue weighted by atomic mass is 19.1. The van der Waals surface area contributed by atoms with Crippen molar-refractivity contribution in [3.63, 3.8) is 0 Å². The summed E-state index contributed by atoms with van der Waals surface area (Å²) in [5, 5.41) is 13.2. The summed E-state index contributed by atoms with van der Waals surface area (Å²) in [7, 11) is 0. The molecule has 6 nitrogen and oxygen atoms in total. The highest BCUT2D eigenvalue weighted by Gasteiger charge is 2.14. The lowest BCUT2D eigenvalue weighted by molar-refractivity contribution is 0.566. The maximum atomic E-state index is 14.1. The van der Waals surface area contributed by atoms with Crippen LogP contribution in [-0.2, 0) is 0 Å². The standard InChI is InChI=1S/C22H19F3N6/c1-12(17-7-6-16(24)9-18(17)25)26-20-11-21(28-13(2)27-20)29-22-10-19(30-31-22)14-4-3-5-15(23)8-14/h3-12H,1-2H3,(H3,26,27,28,29,30,31). The monoisotopic (exact) mass is 424 g/mol. The minimum Gasteiger partial charge on any atom is -0.363 e. The molecule has 31 heavy (non-hydrogen) atoms. The van der Waals surface area contributed by atoms with Crippen LogP contribution < -0.4 is 10.6 Å². The summed E-state index contributed by atoms with van der Waals surface area (Å²) in [6.07, 6.45) is 0. The molecule has 0 aliphatic carbocycles. The van der Waals surface area contributed by atoms with Gasteiger partial charge in [-0.15, -0.1) is 0 Å². The molecule has 158 valence electrons. The highest BCUT2D eigenvalue weighted by molar-refractivity contribution is 5.65. The van der Waals surface area contributed by atoms with Gasteiger partial charge in [0.25, 0.3) is 0 Å². The number of H-pyrrole nitrogens is 1. The molecule has 1 atom stereocenters.